The Morgan fingerprint density at radius 1 is 0.897 bits per heavy atom. The fourth-order valence-electron chi connectivity index (χ4n) is 4.07. The van der Waals surface area contributed by atoms with E-state index in [1.54, 1.807) is 0 Å². The van der Waals surface area contributed by atoms with Crippen molar-refractivity contribution in [1.82, 2.24) is 9.55 Å². The second kappa shape index (κ2) is 8.18. The molecule has 0 aliphatic heterocycles. The Morgan fingerprint density at radius 3 is 1.93 bits per heavy atom. The van der Waals surface area contributed by atoms with Crippen molar-refractivity contribution < 1.29 is 0 Å². The first kappa shape index (κ1) is 21.4. The predicted molar refractivity (Wildman–Crippen MR) is 125 cm³/mol. The summed E-state index contributed by atoms with van der Waals surface area (Å²) in [7, 11) is 0. The lowest BCUT2D eigenvalue weighted by molar-refractivity contribution is 0.404. The molecule has 0 bridgehead atoms. The molecule has 2 heteroatoms. The Balaban J connectivity index is 2.39. The topological polar surface area (TPSA) is 17.8 Å². The van der Waals surface area contributed by atoms with Crippen LogP contribution >= 0.6 is 0 Å². The van der Waals surface area contributed by atoms with E-state index in [9.17, 15) is 0 Å². The van der Waals surface area contributed by atoms with Gasteiger partial charge in [-0.25, -0.2) is 4.98 Å². The molecule has 2 nitrogen and oxygen atoms in total. The van der Waals surface area contributed by atoms with Crippen LogP contribution in [0.5, 0.6) is 0 Å². The van der Waals surface area contributed by atoms with Crippen molar-refractivity contribution in [3.63, 3.8) is 0 Å². The highest BCUT2D eigenvalue weighted by Gasteiger charge is 2.24. The van der Waals surface area contributed by atoms with Gasteiger partial charge in [0.15, 0.2) is 0 Å². The summed E-state index contributed by atoms with van der Waals surface area (Å²) in [6.07, 6.45) is 3.07. The zero-order valence-corrected chi connectivity index (χ0v) is 19.4. The zero-order chi connectivity index (χ0) is 21.3. The molecule has 1 aromatic heterocycles. The quantitative estimate of drug-likeness (QED) is 0.438. The Morgan fingerprint density at radius 2 is 1.45 bits per heavy atom. The number of imidazole rings is 1. The van der Waals surface area contributed by atoms with Crippen LogP contribution in [0.3, 0.4) is 0 Å². The van der Waals surface area contributed by atoms with Gasteiger partial charge in [-0.15, -0.1) is 0 Å². The molecule has 0 aliphatic rings. The molecule has 154 valence electrons. The van der Waals surface area contributed by atoms with Crippen LogP contribution in [-0.2, 0) is 6.42 Å². The van der Waals surface area contributed by atoms with E-state index in [1.165, 1.54) is 28.1 Å². The maximum Gasteiger partial charge on any atom is 0.144 e. The van der Waals surface area contributed by atoms with Gasteiger partial charge in [-0.05, 0) is 41.7 Å². The van der Waals surface area contributed by atoms with E-state index in [-0.39, 0.29) is 5.41 Å². The molecule has 1 heterocycles. The van der Waals surface area contributed by atoms with Crippen LogP contribution in [0.2, 0.25) is 0 Å². The van der Waals surface area contributed by atoms with Crippen LogP contribution in [0.15, 0.2) is 48.7 Å². The number of hydrogen-bond acceptors (Lipinski definition) is 1. The van der Waals surface area contributed by atoms with Gasteiger partial charge in [0.1, 0.15) is 5.82 Å². The summed E-state index contributed by atoms with van der Waals surface area (Å²) in [6.45, 7) is 18.3. The molecule has 0 aliphatic carbocycles. The third-order valence-corrected chi connectivity index (χ3v) is 5.36. The van der Waals surface area contributed by atoms with Gasteiger partial charge in [-0.3, -0.25) is 4.57 Å². The normalized spacial score (nSPS) is 12.2. The first-order valence-corrected chi connectivity index (χ1v) is 10.9. The summed E-state index contributed by atoms with van der Waals surface area (Å²) >= 11 is 0. The lowest BCUT2D eigenvalue weighted by Crippen LogP contribution is -2.16. The molecule has 0 saturated carbocycles. The van der Waals surface area contributed by atoms with E-state index >= 15 is 0 Å². The molecule has 29 heavy (non-hydrogen) atoms. The Bertz CT molecular complexity index is 941. The molecule has 0 saturated heterocycles. The maximum atomic E-state index is 4.93. The van der Waals surface area contributed by atoms with Crippen LogP contribution < -0.4 is 0 Å². The van der Waals surface area contributed by atoms with Crippen molar-refractivity contribution in [1.29, 1.82) is 0 Å². The monoisotopic (exact) mass is 388 g/mol. The van der Waals surface area contributed by atoms with Gasteiger partial charge >= 0.3 is 0 Å². The van der Waals surface area contributed by atoms with Crippen LogP contribution in [0.4, 0.5) is 0 Å². The Kier molecular flexibility index (Phi) is 6.03. The van der Waals surface area contributed by atoms with Crippen LogP contribution in [0.1, 0.15) is 82.7 Å². The first-order chi connectivity index (χ1) is 13.6. The van der Waals surface area contributed by atoms with E-state index in [1.807, 2.05) is 0 Å². The highest BCUT2D eigenvalue weighted by atomic mass is 15.1. The fourth-order valence-corrected chi connectivity index (χ4v) is 4.07. The third-order valence-electron chi connectivity index (χ3n) is 5.36. The van der Waals surface area contributed by atoms with Gasteiger partial charge in [0, 0.05) is 17.5 Å². The van der Waals surface area contributed by atoms with Crippen LogP contribution in [0.25, 0.3) is 17.1 Å². The molecule has 0 atom stereocenters. The van der Waals surface area contributed by atoms with E-state index in [0.29, 0.717) is 11.8 Å². The van der Waals surface area contributed by atoms with Crippen LogP contribution in [0, 0.1) is 12.3 Å². The lowest BCUT2D eigenvalue weighted by Gasteiger charge is -2.26. The van der Waals surface area contributed by atoms with Crippen molar-refractivity contribution in [2.75, 3.05) is 0 Å². The second-order valence-electron chi connectivity index (χ2n) is 10.1. The molecule has 3 aromatic rings. The van der Waals surface area contributed by atoms with Gasteiger partial charge in [0.25, 0.3) is 0 Å². The SMILES string of the molecule is Cc1cc(C(C)C)c(-n2c(CC(C)(C)C)cnc2-c2ccccc2)c(C(C)C)c1. The number of benzene rings is 2. The minimum absolute atomic E-state index is 0.187. The molecule has 3 rings (SSSR count). The third kappa shape index (κ3) is 4.63. The summed E-state index contributed by atoms with van der Waals surface area (Å²) in [6, 6.07) is 15.3. The summed E-state index contributed by atoms with van der Waals surface area (Å²) < 4.78 is 2.45. The van der Waals surface area contributed by atoms with Crippen molar-refractivity contribution in [3.05, 3.63) is 71.0 Å². The average molecular weight is 389 g/mol. The lowest BCUT2D eigenvalue weighted by atomic mass is 9.88. The van der Waals surface area contributed by atoms with Gasteiger partial charge < -0.3 is 0 Å². The molecule has 0 amide bonds. The van der Waals surface area contributed by atoms with E-state index < -0.39 is 0 Å². The molecular weight excluding hydrogens is 352 g/mol. The van der Waals surface area contributed by atoms with Crippen molar-refractivity contribution in [3.8, 4) is 17.1 Å². The molecule has 0 N–H and O–H groups in total. The highest BCUT2D eigenvalue weighted by molar-refractivity contribution is 5.64. The van der Waals surface area contributed by atoms with Crippen molar-refractivity contribution >= 4 is 0 Å². The first-order valence-electron chi connectivity index (χ1n) is 10.9. The number of aromatic nitrogens is 2. The van der Waals surface area contributed by atoms with E-state index in [0.717, 1.165) is 17.8 Å². The molecule has 0 spiro atoms. The van der Waals surface area contributed by atoms with Gasteiger partial charge in [-0.2, -0.15) is 0 Å². The predicted octanol–water partition coefficient (Wildman–Crippen LogP) is 7.68. The number of nitrogens with zero attached hydrogens (tertiary/aromatic N) is 2. The summed E-state index contributed by atoms with van der Waals surface area (Å²) in [4.78, 5) is 4.93. The summed E-state index contributed by atoms with van der Waals surface area (Å²) in [5.74, 6) is 1.92. The van der Waals surface area contributed by atoms with Gasteiger partial charge in [0.2, 0.25) is 0 Å². The Labute approximate surface area is 177 Å². The average Bonchev–Trinajstić information content (AvgIpc) is 3.03. The molecule has 0 fully saturated rings. The maximum absolute atomic E-state index is 4.93. The number of rotatable bonds is 5. The zero-order valence-electron chi connectivity index (χ0n) is 19.4. The largest absolute Gasteiger partial charge is 0.296 e. The second-order valence-corrected chi connectivity index (χ2v) is 10.1. The van der Waals surface area contributed by atoms with E-state index in [4.69, 9.17) is 4.98 Å². The number of hydrogen-bond donors (Lipinski definition) is 0. The van der Waals surface area contributed by atoms with Crippen molar-refractivity contribution in [2.24, 2.45) is 5.41 Å². The van der Waals surface area contributed by atoms with E-state index in [2.05, 4.69) is 109 Å². The summed E-state index contributed by atoms with van der Waals surface area (Å²) in [5.41, 5.74) is 8.10. The number of aryl methyl sites for hydroxylation is 1. The minimum atomic E-state index is 0.187. The van der Waals surface area contributed by atoms with Crippen LogP contribution in [-0.4, -0.2) is 9.55 Å². The molecule has 2 aromatic carbocycles. The highest BCUT2D eigenvalue weighted by Crippen LogP contribution is 2.37. The molecule has 0 unspecified atom stereocenters. The molecule has 0 radical (unpaired) electrons. The van der Waals surface area contributed by atoms with Crippen molar-refractivity contribution in [2.45, 2.75) is 73.6 Å². The molecular formula is C27H36N2. The Hall–Kier alpha value is -2.35. The van der Waals surface area contributed by atoms with Gasteiger partial charge in [-0.1, -0.05) is 96.5 Å². The fraction of sp³-hybridized carbons (Fsp3) is 0.444. The van der Waals surface area contributed by atoms with Gasteiger partial charge in [0.05, 0.1) is 5.69 Å². The smallest absolute Gasteiger partial charge is 0.144 e. The standard InChI is InChI=1S/C27H36N2/c1-18(2)23-14-20(5)15-24(19(3)4)25(23)29-22(16-27(6,7)8)17-28-26(29)21-12-10-9-11-13-21/h9-15,17-19H,16H2,1-8H3. The summed E-state index contributed by atoms with van der Waals surface area (Å²) in [5, 5.41) is 0. The minimum Gasteiger partial charge on any atom is -0.296 e.